The molecule has 2 heterocycles. The summed E-state index contributed by atoms with van der Waals surface area (Å²) in [5, 5.41) is 0. The number of nitrogens with zero attached hydrogens (tertiary/aromatic N) is 1. The van der Waals surface area contributed by atoms with Crippen LogP contribution in [0.5, 0.6) is 11.5 Å². The number of ether oxygens (including phenoxy) is 2. The Hall–Kier alpha value is -2.64. The fourth-order valence-electron chi connectivity index (χ4n) is 4.14. The van der Waals surface area contributed by atoms with E-state index in [4.69, 9.17) is 9.47 Å². The molecule has 166 valence electrons. The lowest BCUT2D eigenvalue weighted by molar-refractivity contribution is -0.139. The Morgan fingerprint density at radius 1 is 1.06 bits per heavy atom. The number of likely N-dealkylation sites (N-methyl/N-ethyl adjacent to an activating group) is 1. The quantitative estimate of drug-likeness (QED) is 0.631. The highest BCUT2D eigenvalue weighted by atomic mass is 19.1. The van der Waals surface area contributed by atoms with E-state index in [2.05, 4.69) is 10.9 Å². The van der Waals surface area contributed by atoms with Gasteiger partial charge in [0.1, 0.15) is 12.4 Å². The molecule has 3 atom stereocenters. The maximum absolute atomic E-state index is 13.1. The molecule has 6 nitrogen and oxygen atoms in total. The highest BCUT2D eigenvalue weighted by Crippen LogP contribution is 2.31. The predicted octanol–water partition coefficient (Wildman–Crippen LogP) is 3.59. The van der Waals surface area contributed by atoms with Crippen LogP contribution in [0.15, 0.2) is 48.5 Å². The van der Waals surface area contributed by atoms with E-state index in [0.29, 0.717) is 24.1 Å². The average molecular weight is 428 g/mol. The van der Waals surface area contributed by atoms with E-state index in [1.165, 1.54) is 12.1 Å². The number of nitrogens with one attached hydrogen (secondary N) is 2. The Kier molecular flexibility index (Phi) is 7.04. The van der Waals surface area contributed by atoms with E-state index < -0.39 is 6.10 Å². The van der Waals surface area contributed by atoms with Gasteiger partial charge < -0.3 is 14.4 Å². The molecule has 2 aliphatic rings. The highest BCUT2D eigenvalue weighted by molar-refractivity contribution is 5.81. The fraction of sp³-hybridized carbons (Fsp3) is 0.458. The van der Waals surface area contributed by atoms with Gasteiger partial charge in [-0.25, -0.2) is 4.39 Å². The lowest BCUT2D eigenvalue weighted by atomic mass is 9.99. The number of amides is 1. The molecule has 1 fully saturated rings. The molecule has 0 spiro atoms. The number of rotatable bonds is 8. The lowest BCUT2D eigenvalue weighted by Gasteiger charge is -2.28. The Balaban J connectivity index is 1.12. The minimum Gasteiger partial charge on any atom is -0.485 e. The third-order valence-electron chi connectivity index (χ3n) is 5.96. The van der Waals surface area contributed by atoms with Crippen molar-refractivity contribution in [2.24, 2.45) is 0 Å². The van der Waals surface area contributed by atoms with E-state index in [1.807, 2.05) is 43.4 Å². The van der Waals surface area contributed by atoms with Crippen LogP contribution in [0.25, 0.3) is 0 Å². The third kappa shape index (κ3) is 5.54. The monoisotopic (exact) mass is 427 g/mol. The number of halogens is 1. The maximum Gasteiger partial charge on any atom is 0.267 e. The van der Waals surface area contributed by atoms with Crippen LogP contribution >= 0.6 is 0 Å². The van der Waals surface area contributed by atoms with Crippen LogP contribution < -0.4 is 20.3 Å². The van der Waals surface area contributed by atoms with Gasteiger partial charge in [-0.05, 0) is 49.1 Å². The van der Waals surface area contributed by atoms with Crippen LogP contribution in [0.4, 0.5) is 4.39 Å². The molecular formula is C24H30FN3O3. The maximum atomic E-state index is 13.1. The lowest BCUT2D eigenvalue weighted by Crippen LogP contribution is -2.45. The molecule has 7 heteroatoms. The van der Waals surface area contributed by atoms with Crippen molar-refractivity contribution in [3.8, 4) is 11.5 Å². The van der Waals surface area contributed by atoms with E-state index in [9.17, 15) is 9.18 Å². The first-order valence-corrected chi connectivity index (χ1v) is 11.0. The Morgan fingerprint density at radius 3 is 2.65 bits per heavy atom. The van der Waals surface area contributed by atoms with Gasteiger partial charge in [0, 0.05) is 25.7 Å². The van der Waals surface area contributed by atoms with Crippen molar-refractivity contribution in [1.82, 2.24) is 15.8 Å². The first kappa shape index (κ1) is 21.6. The number of fused-ring (bicyclic) bond motifs is 1. The van der Waals surface area contributed by atoms with Gasteiger partial charge in [-0.15, -0.1) is 0 Å². The zero-order valence-electron chi connectivity index (χ0n) is 17.9. The predicted molar refractivity (Wildman–Crippen MR) is 116 cm³/mol. The Morgan fingerprint density at radius 2 is 1.84 bits per heavy atom. The summed E-state index contributed by atoms with van der Waals surface area (Å²) in [6.07, 6.45) is 4.57. The standard InChI is InChI=1S/C24H30FN3O3/c1-28(24(29)23-16-30-21-8-4-5-9-22(21)31-23)14-6-2-3-7-19-15-20(27-26-19)17-10-12-18(25)13-11-17/h4-5,8-13,19-20,23,26-27H,2-3,6-7,14-16H2,1H3. The van der Waals surface area contributed by atoms with Crippen molar-refractivity contribution in [3.63, 3.8) is 0 Å². The average Bonchev–Trinajstić information content (AvgIpc) is 3.27. The zero-order valence-corrected chi connectivity index (χ0v) is 17.9. The summed E-state index contributed by atoms with van der Waals surface area (Å²) in [6.45, 7) is 0.949. The number of carbonyl (C=O) groups excluding carboxylic acids is 1. The van der Waals surface area contributed by atoms with Crippen molar-refractivity contribution in [1.29, 1.82) is 0 Å². The van der Waals surface area contributed by atoms with Crippen LogP contribution in [-0.2, 0) is 4.79 Å². The summed E-state index contributed by atoms with van der Waals surface area (Å²) in [7, 11) is 1.82. The third-order valence-corrected chi connectivity index (χ3v) is 5.96. The smallest absolute Gasteiger partial charge is 0.267 e. The zero-order chi connectivity index (χ0) is 21.6. The fourth-order valence-corrected chi connectivity index (χ4v) is 4.14. The first-order valence-electron chi connectivity index (χ1n) is 11.0. The van der Waals surface area contributed by atoms with Crippen LogP contribution in [0.1, 0.15) is 43.7 Å². The minimum atomic E-state index is -0.586. The molecular weight excluding hydrogens is 397 g/mol. The molecule has 2 aliphatic heterocycles. The van der Waals surface area contributed by atoms with Crippen LogP contribution in [0.2, 0.25) is 0 Å². The van der Waals surface area contributed by atoms with Gasteiger partial charge in [-0.1, -0.05) is 37.1 Å². The molecule has 2 aromatic rings. The first-order chi connectivity index (χ1) is 15.1. The number of para-hydroxylation sites is 2. The van der Waals surface area contributed by atoms with Gasteiger partial charge in [0.05, 0.1) is 0 Å². The second-order valence-corrected chi connectivity index (χ2v) is 8.30. The number of unbranched alkanes of at least 4 members (excludes halogenated alkanes) is 2. The van der Waals surface area contributed by atoms with E-state index in [-0.39, 0.29) is 24.4 Å². The van der Waals surface area contributed by atoms with Gasteiger partial charge in [-0.2, -0.15) is 0 Å². The second kappa shape index (κ2) is 10.1. The SMILES string of the molecule is CN(CCCCCC1CC(c2ccc(F)cc2)NN1)C(=O)C1COc2ccccc2O1. The molecule has 2 N–H and O–H groups in total. The largest absolute Gasteiger partial charge is 0.485 e. The van der Waals surface area contributed by atoms with Crippen LogP contribution in [-0.4, -0.2) is 43.2 Å². The van der Waals surface area contributed by atoms with Crippen LogP contribution in [0, 0.1) is 5.82 Å². The second-order valence-electron chi connectivity index (χ2n) is 8.30. The topological polar surface area (TPSA) is 62.8 Å². The van der Waals surface area contributed by atoms with Gasteiger partial charge in [0.25, 0.3) is 5.91 Å². The molecule has 31 heavy (non-hydrogen) atoms. The Labute approximate surface area is 182 Å². The normalized spacial score (nSPS) is 22.3. The summed E-state index contributed by atoms with van der Waals surface area (Å²) < 4.78 is 24.5. The van der Waals surface area contributed by atoms with Crippen molar-refractivity contribution in [2.45, 2.75) is 50.3 Å². The van der Waals surface area contributed by atoms with Gasteiger partial charge in [0.2, 0.25) is 6.10 Å². The Bertz CT molecular complexity index is 877. The van der Waals surface area contributed by atoms with E-state index in [0.717, 1.165) is 37.7 Å². The number of carbonyl (C=O) groups is 1. The molecule has 0 aromatic heterocycles. The number of hydrogen-bond acceptors (Lipinski definition) is 5. The van der Waals surface area contributed by atoms with Gasteiger partial charge in [-0.3, -0.25) is 15.6 Å². The summed E-state index contributed by atoms with van der Waals surface area (Å²) >= 11 is 0. The summed E-state index contributed by atoms with van der Waals surface area (Å²) in [5.41, 5.74) is 7.76. The molecule has 4 rings (SSSR count). The number of benzene rings is 2. The molecule has 0 aliphatic carbocycles. The number of hydrazine groups is 1. The molecule has 0 saturated carbocycles. The van der Waals surface area contributed by atoms with Gasteiger partial charge >= 0.3 is 0 Å². The van der Waals surface area contributed by atoms with Gasteiger partial charge in [0.15, 0.2) is 11.5 Å². The molecule has 0 bridgehead atoms. The number of hydrogen-bond donors (Lipinski definition) is 2. The molecule has 1 amide bonds. The minimum absolute atomic E-state index is 0.0432. The summed E-state index contributed by atoms with van der Waals surface area (Å²) in [4.78, 5) is 14.4. The van der Waals surface area contributed by atoms with Crippen molar-refractivity contribution < 1.29 is 18.7 Å². The van der Waals surface area contributed by atoms with Crippen molar-refractivity contribution in [3.05, 3.63) is 59.9 Å². The summed E-state index contributed by atoms with van der Waals surface area (Å²) in [5.74, 6) is 1.06. The summed E-state index contributed by atoms with van der Waals surface area (Å²) in [6, 6.07) is 14.7. The molecule has 1 saturated heterocycles. The van der Waals surface area contributed by atoms with Crippen molar-refractivity contribution >= 4 is 5.91 Å². The molecule has 2 aromatic carbocycles. The van der Waals surface area contributed by atoms with Crippen molar-refractivity contribution in [2.75, 3.05) is 20.2 Å². The highest BCUT2D eigenvalue weighted by Gasteiger charge is 2.29. The van der Waals surface area contributed by atoms with E-state index in [1.54, 1.807) is 4.90 Å². The van der Waals surface area contributed by atoms with E-state index >= 15 is 0 Å². The molecule has 0 radical (unpaired) electrons. The van der Waals surface area contributed by atoms with Crippen LogP contribution in [0.3, 0.4) is 0 Å². The molecule has 3 unspecified atom stereocenters.